The van der Waals surface area contributed by atoms with E-state index < -0.39 is 0 Å². The molecule has 0 spiro atoms. The Kier molecular flexibility index (Phi) is 7.54. The molecular formula is C24H20BrN5O2S. The lowest BCUT2D eigenvalue weighted by atomic mass is 10.2. The number of para-hydroxylation sites is 1. The number of carbonyl (C=O) groups excluding carboxylic acids is 1. The highest BCUT2D eigenvalue weighted by molar-refractivity contribution is 9.10. The smallest absolute Gasteiger partial charge is 0.250 e. The summed E-state index contributed by atoms with van der Waals surface area (Å²) >= 11 is 4.68. The van der Waals surface area contributed by atoms with Gasteiger partial charge in [-0.3, -0.25) is 9.36 Å². The Morgan fingerprint density at radius 1 is 1.06 bits per heavy atom. The van der Waals surface area contributed by atoms with Crippen LogP contribution in [-0.4, -0.2) is 39.7 Å². The van der Waals surface area contributed by atoms with Crippen molar-refractivity contribution < 1.29 is 9.53 Å². The predicted octanol–water partition coefficient (Wildman–Crippen LogP) is 4.95. The van der Waals surface area contributed by atoms with Gasteiger partial charge in [0.1, 0.15) is 5.75 Å². The molecule has 1 N–H and O–H groups in total. The maximum absolute atomic E-state index is 12.3. The Bertz CT molecular complexity index is 1240. The third-order valence-electron chi connectivity index (χ3n) is 4.60. The lowest BCUT2D eigenvalue weighted by Crippen LogP contribution is -2.20. The van der Waals surface area contributed by atoms with E-state index in [9.17, 15) is 4.79 Å². The number of rotatable bonds is 8. The maximum atomic E-state index is 12.3. The number of thioether (sulfide) groups is 1. The number of hydrazone groups is 1. The van der Waals surface area contributed by atoms with E-state index in [4.69, 9.17) is 4.74 Å². The Labute approximate surface area is 204 Å². The molecule has 0 fully saturated rings. The highest BCUT2D eigenvalue weighted by Gasteiger charge is 2.17. The fourth-order valence-electron chi connectivity index (χ4n) is 2.99. The summed E-state index contributed by atoms with van der Waals surface area (Å²) < 4.78 is 8.17. The largest absolute Gasteiger partial charge is 0.497 e. The standard InChI is InChI=1S/C24H20BrN5O2S/c1-32-21-13-9-18(10-14-21)23-28-29-24(30(23)20-5-3-2-4-6-20)33-16-22(31)27-26-15-17-7-11-19(25)12-8-17/h2-15H,16H2,1H3,(H,27,31)/b26-15-. The van der Waals surface area contributed by atoms with Gasteiger partial charge in [0, 0.05) is 15.7 Å². The molecule has 0 saturated heterocycles. The maximum Gasteiger partial charge on any atom is 0.250 e. The van der Waals surface area contributed by atoms with E-state index in [1.165, 1.54) is 11.8 Å². The van der Waals surface area contributed by atoms with Crippen molar-refractivity contribution in [1.82, 2.24) is 20.2 Å². The lowest BCUT2D eigenvalue weighted by molar-refractivity contribution is -0.118. The van der Waals surface area contributed by atoms with Gasteiger partial charge in [-0.25, -0.2) is 5.43 Å². The van der Waals surface area contributed by atoms with Crippen LogP contribution in [0.2, 0.25) is 0 Å². The molecule has 1 aromatic heterocycles. The molecule has 33 heavy (non-hydrogen) atoms. The summed E-state index contributed by atoms with van der Waals surface area (Å²) in [5.74, 6) is 1.35. The van der Waals surface area contributed by atoms with Crippen molar-refractivity contribution in [2.45, 2.75) is 5.16 Å². The van der Waals surface area contributed by atoms with Crippen molar-refractivity contribution in [2.75, 3.05) is 12.9 Å². The zero-order valence-electron chi connectivity index (χ0n) is 17.7. The van der Waals surface area contributed by atoms with E-state index in [1.807, 2.05) is 83.4 Å². The minimum atomic E-state index is -0.234. The van der Waals surface area contributed by atoms with Crippen molar-refractivity contribution in [2.24, 2.45) is 5.10 Å². The SMILES string of the molecule is COc1ccc(-c2nnc(SCC(=O)N/N=C\c3ccc(Br)cc3)n2-c2ccccc2)cc1. The molecule has 9 heteroatoms. The van der Waals surface area contributed by atoms with Crippen LogP contribution in [0.25, 0.3) is 17.1 Å². The van der Waals surface area contributed by atoms with Crippen molar-refractivity contribution in [3.8, 4) is 22.8 Å². The first-order valence-electron chi connectivity index (χ1n) is 9.99. The molecule has 1 amide bonds. The van der Waals surface area contributed by atoms with Crippen LogP contribution in [0, 0.1) is 0 Å². The second-order valence-corrected chi connectivity index (χ2v) is 8.70. The quantitative estimate of drug-likeness (QED) is 0.201. The van der Waals surface area contributed by atoms with E-state index >= 15 is 0 Å². The minimum Gasteiger partial charge on any atom is -0.497 e. The highest BCUT2D eigenvalue weighted by atomic mass is 79.9. The van der Waals surface area contributed by atoms with Gasteiger partial charge < -0.3 is 4.74 Å². The summed E-state index contributed by atoms with van der Waals surface area (Å²) in [4.78, 5) is 12.3. The summed E-state index contributed by atoms with van der Waals surface area (Å²) in [7, 11) is 1.63. The molecular weight excluding hydrogens is 502 g/mol. The van der Waals surface area contributed by atoms with Crippen LogP contribution in [-0.2, 0) is 4.79 Å². The lowest BCUT2D eigenvalue weighted by Gasteiger charge is -2.10. The zero-order chi connectivity index (χ0) is 23.0. The molecule has 7 nitrogen and oxygen atoms in total. The second-order valence-electron chi connectivity index (χ2n) is 6.84. The Morgan fingerprint density at radius 2 is 1.79 bits per heavy atom. The van der Waals surface area contributed by atoms with E-state index in [1.54, 1.807) is 13.3 Å². The third-order valence-corrected chi connectivity index (χ3v) is 6.06. The summed E-state index contributed by atoms with van der Waals surface area (Å²) in [6.45, 7) is 0. The summed E-state index contributed by atoms with van der Waals surface area (Å²) in [6.07, 6.45) is 1.60. The van der Waals surface area contributed by atoms with Crippen LogP contribution >= 0.6 is 27.7 Å². The molecule has 0 aliphatic rings. The number of methoxy groups -OCH3 is 1. The first-order valence-corrected chi connectivity index (χ1v) is 11.8. The molecule has 166 valence electrons. The third kappa shape index (κ3) is 5.88. The molecule has 4 aromatic rings. The van der Waals surface area contributed by atoms with Crippen LogP contribution in [0.15, 0.2) is 93.6 Å². The van der Waals surface area contributed by atoms with Crippen LogP contribution in [0.5, 0.6) is 5.75 Å². The first kappa shape index (κ1) is 22.8. The molecule has 0 aliphatic heterocycles. The Morgan fingerprint density at radius 3 is 2.48 bits per heavy atom. The second kappa shape index (κ2) is 10.9. The highest BCUT2D eigenvalue weighted by Crippen LogP contribution is 2.28. The number of benzene rings is 3. The Balaban J connectivity index is 1.49. The van der Waals surface area contributed by atoms with Gasteiger partial charge in [-0.1, -0.05) is 58.0 Å². The average Bonchev–Trinajstić information content (AvgIpc) is 3.28. The van der Waals surface area contributed by atoms with Gasteiger partial charge in [0.2, 0.25) is 0 Å². The van der Waals surface area contributed by atoms with Gasteiger partial charge in [-0.15, -0.1) is 10.2 Å². The molecule has 0 bridgehead atoms. The van der Waals surface area contributed by atoms with Crippen LogP contribution in [0.1, 0.15) is 5.56 Å². The monoisotopic (exact) mass is 521 g/mol. The topological polar surface area (TPSA) is 81.4 Å². The Hall–Kier alpha value is -3.43. The number of hydrogen-bond donors (Lipinski definition) is 1. The molecule has 0 saturated carbocycles. The number of amides is 1. The number of nitrogens with zero attached hydrogens (tertiary/aromatic N) is 4. The molecule has 3 aromatic carbocycles. The van der Waals surface area contributed by atoms with Crippen LogP contribution in [0.3, 0.4) is 0 Å². The van der Waals surface area contributed by atoms with Crippen molar-refractivity contribution in [3.63, 3.8) is 0 Å². The molecule has 0 unspecified atom stereocenters. The van der Waals surface area contributed by atoms with Gasteiger partial charge in [0.15, 0.2) is 11.0 Å². The normalized spacial score (nSPS) is 11.0. The molecule has 0 atom stereocenters. The van der Waals surface area contributed by atoms with Gasteiger partial charge in [-0.05, 0) is 54.1 Å². The summed E-state index contributed by atoms with van der Waals surface area (Å²) in [5.41, 5.74) is 5.24. The molecule has 1 heterocycles. The average molecular weight is 522 g/mol. The van der Waals surface area contributed by atoms with Gasteiger partial charge in [0.05, 0.1) is 19.1 Å². The van der Waals surface area contributed by atoms with E-state index in [0.29, 0.717) is 11.0 Å². The molecule has 4 rings (SSSR count). The van der Waals surface area contributed by atoms with Crippen LogP contribution < -0.4 is 10.2 Å². The fraction of sp³-hybridized carbons (Fsp3) is 0.0833. The van der Waals surface area contributed by atoms with Crippen molar-refractivity contribution in [1.29, 1.82) is 0 Å². The van der Waals surface area contributed by atoms with Crippen LogP contribution in [0.4, 0.5) is 0 Å². The van der Waals surface area contributed by atoms with Crippen molar-refractivity contribution >= 4 is 39.8 Å². The molecule has 0 aliphatic carbocycles. The number of carbonyl (C=O) groups is 1. The van der Waals surface area contributed by atoms with Crippen molar-refractivity contribution in [3.05, 3.63) is 88.9 Å². The van der Waals surface area contributed by atoms with Gasteiger partial charge in [-0.2, -0.15) is 5.10 Å². The number of ether oxygens (including phenoxy) is 1. The summed E-state index contributed by atoms with van der Waals surface area (Å²) in [6, 6.07) is 25.0. The van der Waals surface area contributed by atoms with Gasteiger partial charge >= 0.3 is 0 Å². The van der Waals surface area contributed by atoms with E-state index in [2.05, 4.69) is 36.7 Å². The number of halogens is 1. The number of nitrogens with one attached hydrogen (secondary N) is 1. The first-order chi connectivity index (χ1) is 16.1. The van der Waals surface area contributed by atoms with E-state index in [-0.39, 0.29) is 11.7 Å². The molecule has 0 radical (unpaired) electrons. The number of aromatic nitrogens is 3. The fourth-order valence-corrected chi connectivity index (χ4v) is 4.00. The predicted molar refractivity (Wildman–Crippen MR) is 134 cm³/mol. The van der Waals surface area contributed by atoms with E-state index in [0.717, 1.165) is 27.0 Å². The summed E-state index contributed by atoms with van der Waals surface area (Å²) in [5, 5.41) is 13.4. The zero-order valence-corrected chi connectivity index (χ0v) is 20.1. The van der Waals surface area contributed by atoms with Gasteiger partial charge in [0.25, 0.3) is 5.91 Å². The number of hydrogen-bond acceptors (Lipinski definition) is 6. The minimum absolute atomic E-state index is 0.144.